The minimum absolute atomic E-state index is 0.0320. The van der Waals surface area contributed by atoms with Crippen LogP contribution in [0.3, 0.4) is 0 Å². The number of nitrogens with two attached hydrogens (primary N) is 1. The number of ether oxygens (including phenoxy) is 1. The van der Waals surface area contributed by atoms with Gasteiger partial charge in [0.1, 0.15) is 22.5 Å². The Bertz CT molecular complexity index is 796. The van der Waals surface area contributed by atoms with Crippen LogP contribution in [0.4, 0.5) is 14.2 Å². The summed E-state index contributed by atoms with van der Waals surface area (Å²) in [5.41, 5.74) is 5.55. The first-order valence-corrected chi connectivity index (χ1v) is 8.50. The van der Waals surface area contributed by atoms with Crippen molar-refractivity contribution < 1.29 is 23.8 Å². The molecule has 140 valence electrons. The highest BCUT2D eigenvalue weighted by molar-refractivity contribution is 7.11. The summed E-state index contributed by atoms with van der Waals surface area (Å²) in [6, 6.07) is 5.43. The van der Waals surface area contributed by atoms with Gasteiger partial charge < -0.3 is 20.9 Å². The zero-order chi connectivity index (χ0) is 19.3. The summed E-state index contributed by atoms with van der Waals surface area (Å²) in [5.74, 6) is -1.39. The van der Waals surface area contributed by atoms with Crippen LogP contribution in [-0.4, -0.2) is 34.1 Å². The monoisotopic (exact) mass is 382 g/mol. The molecule has 0 aliphatic rings. The number of halogens is 1. The van der Waals surface area contributed by atoms with Gasteiger partial charge in [0.15, 0.2) is 0 Å². The number of carbonyl (C=O) groups excluding carboxylic acids is 2. The Morgan fingerprint density at radius 2 is 2.08 bits per heavy atom. The van der Waals surface area contributed by atoms with Crippen LogP contribution in [0.15, 0.2) is 24.3 Å². The molecule has 0 saturated heterocycles. The molecular weight excluding hydrogens is 363 g/mol. The minimum atomic E-state index is -0.847. The van der Waals surface area contributed by atoms with E-state index in [9.17, 15) is 14.0 Å². The first-order valence-electron chi connectivity index (χ1n) is 7.73. The molecule has 0 saturated carbocycles. The Morgan fingerprint density at radius 1 is 1.38 bits per heavy atom. The van der Waals surface area contributed by atoms with Crippen molar-refractivity contribution in [1.82, 2.24) is 9.69 Å². The molecule has 2 aromatic rings. The van der Waals surface area contributed by atoms with Gasteiger partial charge in [-0.1, -0.05) is 18.2 Å². The molecule has 0 fully saturated rings. The molecule has 0 spiro atoms. The van der Waals surface area contributed by atoms with Crippen LogP contribution in [0.2, 0.25) is 0 Å². The van der Waals surface area contributed by atoms with Gasteiger partial charge in [-0.15, -0.1) is 0 Å². The Kier molecular flexibility index (Phi) is 6.47. The van der Waals surface area contributed by atoms with Gasteiger partial charge in [0.25, 0.3) is 5.91 Å². The van der Waals surface area contributed by atoms with E-state index in [0.717, 1.165) is 11.5 Å². The number of primary amides is 1. The predicted octanol–water partition coefficient (Wildman–Crippen LogP) is 2.02. The molecule has 0 bridgehead atoms. The highest BCUT2D eigenvalue weighted by Crippen LogP contribution is 2.33. The fourth-order valence-corrected chi connectivity index (χ4v) is 2.81. The maximum atomic E-state index is 13.9. The van der Waals surface area contributed by atoms with E-state index in [1.54, 1.807) is 25.1 Å². The Morgan fingerprint density at radius 3 is 2.69 bits per heavy atom. The Balaban J connectivity index is 2.17. The topological polar surface area (TPSA) is 127 Å². The number of hydrogen-bond donors (Lipinski definition) is 4. The van der Waals surface area contributed by atoms with Gasteiger partial charge in [0.05, 0.1) is 6.10 Å². The van der Waals surface area contributed by atoms with Gasteiger partial charge in [-0.3, -0.25) is 10.1 Å². The number of anilines is 1. The molecule has 0 aliphatic carbocycles. The number of carbonyl (C=O) groups is 2. The standard InChI is InChI=1S/C16H19FN4O4S/c1-8(22)7-19-16(24)20-15-12(13(18)23)14(21-26-15)25-9(2)10-5-3-4-6-11(10)17/h3-6,8-9,22H,7H2,1-2H3,(H2,18,23)(H2,19,20,24). The van der Waals surface area contributed by atoms with E-state index in [0.29, 0.717) is 5.56 Å². The molecule has 10 heteroatoms. The van der Waals surface area contributed by atoms with Gasteiger partial charge in [-0.2, -0.15) is 4.37 Å². The third-order valence-electron chi connectivity index (χ3n) is 3.32. The van der Waals surface area contributed by atoms with Gasteiger partial charge in [0.2, 0.25) is 5.88 Å². The summed E-state index contributed by atoms with van der Waals surface area (Å²) in [7, 11) is 0. The van der Waals surface area contributed by atoms with E-state index in [4.69, 9.17) is 15.6 Å². The summed E-state index contributed by atoms with van der Waals surface area (Å²) in [6.07, 6.45) is -1.45. The number of urea groups is 1. The molecule has 26 heavy (non-hydrogen) atoms. The van der Waals surface area contributed by atoms with E-state index in [1.807, 2.05) is 0 Å². The number of aromatic nitrogens is 1. The lowest BCUT2D eigenvalue weighted by molar-refractivity contribution is 0.0994. The highest BCUT2D eigenvalue weighted by Gasteiger charge is 2.24. The molecule has 2 atom stereocenters. The third-order valence-corrected chi connectivity index (χ3v) is 4.07. The third kappa shape index (κ3) is 4.90. The van der Waals surface area contributed by atoms with Crippen molar-refractivity contribution in [3.05, 3.63) is 41.2 Å². The molecule has 1 heterocycles. The number of amides is 3. The number of benzene rings is 1. The van der Waals surface area contributed by atoms with Crippen molar-refractivity contribution in [2.24, 2.45) is 5.73 Å². The molecular formula is C16H19FN4O4S. The van der Waals surface area contributed by atoms with E-state index in [2.05, 4.69) is 15.0 Å². The number of aliphatic hydroxyl groups excluding tert-OH is 1. The number of nitrogens with zero attached hydrogens (tertiary/aromatic N) is 1. The number of aliphatic hydroxyl groups is 1. The molecule has 1 aromatic heterocycles. The lowest BCUT2D eigenvalue weighted by Crippen LogP contribution is -2.34. The summed E-state index contributed by atoms with van der Waals surface area (Å²) in [5, 5.41) is 14.1. The first-order chi connectivity index (χ1) is 12.3. The maximum absolute atomic E-state index is 13.9. The fraction of sp³-hybridized carbons (Fsp3) is 0.312. The summed E-state index contributed by atoms with van der Waals surface area (Å²) < 4.78 is 23.4. The lowest BCUT2D eigenvalue weighted by Gasteiger charge is -2.14. The van der Waals surface area contributed by atoms with E-state index in [-0.39, 0.29) is 23.0 Å². The van der Waals surface area contributed by atoms with Crippen LogP contribution < -0.4 is 21.1 Å². The normalized spacial score (nSPS) is 12.9. The van der Waals surface area contributed by atoms with Gasteiger partial charge in [-0.25, -0.2) is 9.18 Å². The minimum Gasteiger partial charge on any atom is -0.468 e. The fourth-order valence-electron chi connectivity index (χ4n) is 2.08. The van der Waals surface area contributed by atoms with Gasteiger partial charge in [0, 0.05) is 12.1 Å². The quantitative estimate of drug-likeness (QED) is 0.583. The number of rotatable bonds is 7. The first kappa shape index (κ1) is 19.6. The smallest absolute Gasteiger partial charge is 0.320 e. The second-order valence-electron chi connectivity index (χ2n) is 5.52. The van der Waals surface area contributed by atoms with Crippen molar-refractivity contribution >= 4 is 28.5 Å². The summed E-state index contributed by atoms with van der Waals surface area (Å²) in [6.45, 7) is 3.15. The molecule has 1 aromatic carbocycles. The zero-order valence-corrected chi connectivity index (χ0v) is 15.0. The SMILES string of the molecule is CC(O)CNC(=O)Nc1snc(OC(C)c2ccccc2F)c1C(N)=O. The van der Waals surface area contributed by atoms with Crippen molar-refractivity contribution in [2.45, 2.75) is 26.1 Å². The van der Waals surface area contributed by atoms with Crippen molar-refractivity contribution in [3.8, 4) is 5.88 Å². The highest BCUT2D eigenvalue weighted by atomic mass is 32.1. The molecule has 2 unspecified atom stereocenters. The van der Waals surface area contributed by atoms with E-state index in [1.165, 1.54) is 13.0 Å². The Hall–Kier alpha value is -2.72. The summed E-state index contributed by atoms with van der Waals surface area (Å²) >= 11 is 0.804. The summed E-state index contributed by atoms with van der Waals surface area (Å²) in [4.78, 5) is 23.6. The largest absolute Gasteiger partial charge is 0.468 e. The van der Waals surface area contributed by atoms with E-state index >= 15 is 0 Å². The number of nitrogens with one attached hydrogen (secondary N) is 2. The van der Waals surface area contributed by atoms with Gasteiger partial charge in [-0.05, 0) is 31.4 Å². The number of hydrogen-bond acceptors (Lipinski definition) is 6. The van der Waals surface area contributed by atoms with Crippen LogP contribution in [0.25, 0.3) is 0 Å². The molecule has 5 N–H and O–H groups in total. The van der Waals surface area contributed by atoms with Crippen molar-refractivity contribution in [3.63, 3.8) is 0 Å². The average Bonchev–Trinajstić information content (AvgIpc) is 2.95. The average molecular weight is 382 g/mol. The second-order valence-corrected chi connectivity index (χ2v) is 6.30. The molecule has 3 amide bonds. The maximum Gasteiger partial charge on any atom is 0.320 e. The lowest BCUT2D eigenvalue weighted by atomic mass is 10.1. The zero-order valence-electron chi connectivity index (χ0n) is 14.2. The van der Waals surface area contributed by atoms with Gasteiger partial charge >= 0.3 is 6.03 Å². The second kappa shape index (κ2) is 8.59. The van der Waals surface area contributed by atoms with Crippen LogP contribution in [0, 0.1) is 5.82 Å². The van der Waals surface area contributed by atoms with Crippen LogP contribution in [-0.2, 0) is 0 Å². The van der Waals surface area contributed by atoms with Crippen LogP contribution in [0.5, 0.6) is 5.88 Å². The van der Waals surface area contributed by atoms with Crippen molar-refractivity contribution in [1.29, 1.82) is 0 Å². The molecule has 2 rings (SSSR count). The Labute approximate surface area is 153 Å². The van der Waals surface area contributed by atoms with Crippen molar-refractivity contribution in [2.75, 3.05) is 11.9 Å². The van der Waals surface area contributed by atoms with Crippen LogP contribution >= 0.6 is 11.5 Å². The van der Waals surface area contributed by atoms with E-state index < -0.39 is 30.0 Å². The molecule has 0 aliphatic heterocycles. The van der Waals surface area contributed by atoms with Crippen LogP contribution in [0.1, 0.15) is 35.9 Å². The molecule has 8 nitrogen and oxygen atoms in total. The molecule has 0 radical (unpaired) electrons. The predicted molar refractivity (Wildman–Crippen MR) is 94.8 cm³/mol.